The fraction of sp³-hybridized carbons (Fsp3) is 0.579. The van der Waals surface area contributed by atoms with Gasteiger partial charge < -0.3 is 9.84 Å². The molecule has 1 aromatic carbocycles. The zero-order valence-electron chi connectivity index (χ0n) is 14.7. The van der Waals surface area contributed by atoms with Crippen molar-refractivity contribution >= 4 is 5.97 Å². The van der Waals surface area contributed by atoms with E-state index in [0.29, 0.717) is 0 Å². The number of ether oxygens (including phenoxy) is 1. The SMILES string of the molecule is COC(=O)C(O)C1CCN(Cc2ccccc2C(C)(C)C#N)CC1. The lowest BCUT2D eigenvalue weighted by molar-refractivity contribution is -0.154. The Labute approximate surface area is 143 Å². The van der Waals surface area contributed by atoms with Crippen LogP contribution in [0.15, 0.2) is 24.3 Å². The lowest BCUT2D eigenvalue weighted by Gasteiger charge is -2.34. The summed E-state index contributed by atoms with van der Waals surface area (Å²) in [5.41, 5.74) is 1.70. The summed E-state index contributed by atoms with van der Waals surface area (Å²) in [5.74, 6) is -0.589. The van der Waals surface area contributed by atoms with E-state index in [0.717, 1.165) is 43.6 Å². The number of likely N-dealkylation sites (tertiary alicyclic amines) is 1. The number of aliphatic hydroxyl groups is 1. The van der Waals surface area contributed by atoms with Crippen LogP contribution in [0.1, 0.15) is 37.8 Å². The summed E-state index contributed by atoms with van der Waals surface area (Å²) in [5, 5.41) is 19.4. The van der Waals surface area contributed by atoms with Crippen molar-refractivity contribution in [3.05, 3.63) is 35.4 Å². The van der Waals surface area contributed by atoms with Crippen molar-refractivity contribution < 1.29 is 14.6 Å². The van der Waals surface area contributed by atoms with Gasteiger partial charge in [0.2, 0.25) is 0 Å². The second kappa shape index (κ2) is 7.78. The third-order valence-corrected chi connectivity index (χ3v) is 4.89. The Morgan fingerprint density at radius 1 is 1.42 bits per heavy atom. The van der Waals surface area contributed by atoms with Crippen LogP contribution in [0.2, 0.25) is 0 Å². The van der Waals surface area contributed by atoms with Crippen LogP contribution in [-0.2, 0) is 21.5 Å². The molecule has 1 atom stereocenters. The molecule has 1 saturated heterocycles. The number of carbonyl (C=O) groups is 1. The monoisotopic (exact) mass is 330 g/mol. The Hall–Kier alpha value is -1.90. The van der Waals surface area contributed by atoms with E-state index < -0.39 is 17.5 Å². The van der Waals surface area contributed by atoms with E-state index in [-0.39, 0.29) is 5.92 Å². The quantitative estimate of drug-likeness (QED) is 0.838. The first kappa shape index (κ1) is 18.4. The number of rotatable bonds is 5. The predicted octanol–water partition coefficient (Wildman–Crippen LogP) is 2.23. The highest BCUT2D eigenvalue weighted by Gasteiger charge is 2.31. The van der Waals surface area contributed by atoms with Gasteiger partial charge in [0.25, 0.3) is 0 Å². The third kappa shape index (κ3) is 4.14. The molecule has 0 bridgehead atoms. The molecule has 0 radical (unpaired) electrons. The van der Waals surface area contributed by atoms with E-state index in [1.54, 1.807) is 0 Å². The van der Waals surface area contributed by atoms with Crippen LogP contribution in [-0.4, -0.2) is 42.3 Å². The molecular weight excluding hydrogens is 304 g/mol. The summed E-state index contributed by atoms with van der Waals surface area (Å²) in [7, 11) is 1.30. The van der Waals surface area contributed by atoms with Crippen LogP contribution in [0.25, 0.3) is 0 Å². The maximum Gasteiger partial charge on any atom is 0.334 e. The topological polar surface area (TPSA) is 73.6 Å². The summed E-state index contributed by atoms with van der Waals surface area (Å²) in [6.07, 6.45) is 0.502. The molecule has 1 heterocycles. The fourth-order valence-electron chi connectivity index (χ4n) is 3.31. The minimum absolute atomic E-state index is 0.0421. The summed E-state index contributed by atoms with van der Waals surface area (Å²) < 4.78 is 4.62. The zero-order chi connectivity index (χ0) is 17.7. The highest BCUT2D eigenvalue weighted by atomic mass is 16.5. The molecule has 5 nitrogen and oxygen atoms in total. The first-order valence-corrected chi connectivity index (χ1v) is 8.37. The molecule has 5 heteroatoms. The van der Waals surface area contributed by atoms with Crippen LogP contribution >= 0.6 is 0 Å². The number of aliphatic hydroxyl groups excluding tert-OH is 1. The van der Waals surface area contributed by atoms with E-state index >= 15 is 0 Å². The summed E-state index contributed by atoms with van der Waals surface area (Å²) in [6.45, 7) is 6.29. The van der Waals surface area contributed by atoms with Crippen LogP contribution in [0.3, 0.4) is 0 Å². The average molecular weight is 330 g/mol. The largest absolute Gasteiger partial charge is 0.467 e. The maximum absolute atomic E-state index is 11.5. The molecule has 0 saturated carbocycles. The van der Waals surface area contributed by atoms with Crippen LogP contribution in [0.4, 0.5) is 0 Å². The predicted molar refractivity (Wildman–Crippen MR) is 91.1 cm³/mol. The molecule has 1 aromatic rings. The minimum atomic E-state index is -1.03. The molecule has 0 amide bonds. The van der Waals surface area contributed by atoms with Gasteiger partial charge in [-0.1, -0.05) is 24.3 Å². The molecule has 1 fully saturated rings. The smallest absolute Gasteiger partial charge is 0.334 e. The van der Waals surface area contributed by atoms with Crippen molar-refractivity contribution in [1.82, 2.24) is 4.90 Å². The molecule has 130 valence electrons. The number of nitrogens with zero attached hydrogens (tertiary/aromatic N) is 2. The van der Waals surface area contributed by atoms with Crippen LogP contribution < -0.4 is 0 Å². The van der Waals surface area contributed by atoms with Crippen molar-refractivity contribution in [2.45, 2.75) is 44.8 Å². The Kier molecular flexibility index (Phi) is 5.98. The zero-order valence-corrected chi connectivity index (χ0v) is 14.7. The van der Waals surface area contributed by atoms with Crippen LogP contribution in [0, 0.1) is 17.2 Å². The normalized spacial score (nSPS) is 18.0. The van der Waals surface area contributed by atoms with Gasteiger partial charge in [0.15, 0.2) is 6.10 Å². The molecule has 1 aliphatic rings. The highest BCUT2D eigenvalue weighted by Crippen LogP contribution is 2.28. The molecule has 2 rings (SSSR count). The molecule has 1 N–H and O–H groups in total. The summed E-state index contributed by atoms with van der Waals surface area (Å²) in [6, 6.07) is 10.4. The Bertz CT molecular complexity index is 613. The van der Waals surface area contributed by atoms with E-state index in [1.807, 2.05) is 32.0 Å². The Balaban J connectivity index is 2.01. The first-order valence-electron chi connectivity index (χ1n) is 8.37. The number of esters is 1. The van der Waals surface area contributed by atoms with E-state index in [2.05, 4.69) is 21.8 Å². The van der Waals surface area contributed by atoms with Gasteiger partial charge in [-0.3, -0.25) is 4.90 Å². The van der Waals surface area contributed by atoms with E-state index in [1.165, 1.54) is 7.11 Å². The summed E-state index contributed by atoms with van der Waals surface area (Å²) >= 11 is 0. The van der Waals surface area contributed by atoms with Crippen molar-refractivity contribution in [3.8, 4) is 6.07 Å². The Morgan fingerprint density at radius 2 is 2.04 bits per heavy atom. The number of carbonyl (C=O) groups excluding carboxylic acids is 1. The molecule has 0 spiro atoms. The van der Waals surface area contributed by atoms with Gasteiger partial charge in [-0.05, 0) is 56.8 Å². The second-order valence-corrected chi connectivity index (χ2v) is 6.98. The standard InChI is InChI=1S/C19H26N2O3/c1-19(2,13-20)16-7-5-4-6-15(16)12-21-10-8-14(9-11-21)17(22)18(23)24-3/h4-7,14,17,22H,8-12H2,1-3H3. The minimum Gasteiger partial charge on any atom is -0.467 e. The third-order valence-electron chi connectivity index (χ3n) is 4.89. The van der Waals surface area contributed by atoms with Gasteiger partial charge in [0.1, 0.15) is 0 Å². The van der Waals surface area contributed by atoms with Gasteiger partial charge >= 0.3 is 5.97 Å². The van der Waals surface area contributed by atoms with Gasteiger partial charge in [-0.2, -0.15) is 5.26 Å². The summed E-state index contributed by atoms with van der Waals surface area (Å²) in [4.78, 5) is 13.8. The number of hydrogen-bond acceptors (Lipinski definition) is 5. The van der Waals surface area contributed by atoms with Gasteiger partial charge in [0, 0.05) is 6.54 Å². The second-order valence-electron chi connectivity index (χ2n) is 6.98. The number of nitriles is 1. The fourth-order valence-corrected chi connectivity index (χ4v) is 3.31. The van der Waals surface area contributed by atoms with E-state index in [4.69, 9.17) is 0 Å². The molecule has 0 aromatic heterocycles. The van der Waals surface area contributed by atoms with Crippen molar-refractivity contribution in [2.75, 3.05) is 20.2 Å². The molecule has 1 unspecified atom stereocenters. The maximum atomic E-state index is 11.5. The lowest BCUT2D eigenvalue weighted by Crippen LogP contribution is -2.40. The van der Waals surface area contributed by atoms with Gasteiger partial charge in [-0.15, -0.1) is 0 Å². The first-order chi connectivity index (χ1) is 11.4. The van der Waals surface area contributed by atoms with Crippen molar-refractivity contribution in [3.63, 3.8) is 0 Å². The van der Waals surface area contributed by atoms with E-state index in [9.17, 15) is 15.2 Å². The van der Waals surface area contributed by atoms with Gasteiger partial charge in [-0.25, -0.2) is 4.79 Å². The number of methoxy groups -OCH3 is 1. The number of benzene rings is 1. The molecule has 24 heavy (non-hydrogen) atoms. The number of piperidine rings is 1. The van der Waals surface area contributed by atoms with Gasteiger partial charge in [0.05, 0.1) is 18.6 Å². The average Bonchev–Trinajstić information content (AvgIpc) is 2.61. The van der Waals surface area contributed by atoms with Crippen molar-refractivity contribution in [1.29, 1.82) is 5.26 Å². The highest BCUT2D eigenvalue weighted by molar-refractivity contribution is 5.74. The molecular formula is C19H26N2O3. The Morgan fingerprint density at radius 3 is 2.62 bits per heavy atom. The number of hydrogen-bond donors (Lipinski definition) is 1. The molecule has 1 aliphatic heterocycles. The van der Waals surface area contributed by atoms with Crippen molar-refractivity contribution in [2.24, 2.45) is 5.92 Å². The molecule has 0 aliphatic carbocycles. The lowest BCUT2D eigenvalue weighted by atomic mass is 9.83. The van der Waals surface area contributed by atoms with Crippen LogP contribution in [0.5, 0.6) is 0 Å².